The Morgan fingerprint density at radius 3 is 2.59 bits per heavy atom. The molecule has 1 aliphatic heterocycles. The zero-order valence-corrected chi connectivity index (χ0v) is 14.1. The third kappa shape index (κ3) is 3.84. The quantitative estimate of drug-likeness (QED) is 0.846. The van der Waals surface area contributed by atoms with Gasteiger partial charge in [-0.2, -0.15) is 0 Å². The van der Waals surface area contributed by atoms with Gasteiger partial charge in [0.15, 0.2) is 0 Å². The lowest BCUT2D eigenvalue weighted by atomic mass is 10.1. The van der Waals surface area contributed by atoms with Crippen molar-refractivity contribution in [3.63, 3.8) is 0 Å². The van der Waals surface area contributed by atoms with Crippen LogP contribution in [0.2, 0.25) is 0 Å². The Morgan fingerprint density at radius 1 is 1.27 bits per heavy atom. The Morgan fingerprint density at radius 2 is 2.00 bits per heavy atom. The predicted molar refractivity (Wildman–Crippen MR) is 89.4 cm³/mol. The van der Waals surface area contributed by atoms with Gasteiger partial charge in [0, 0.05) is 36.9 Å². The minimum Gasteiger partial charge on any atom is -0.460 e. The van der Waals surface area contributed by atoms with Crippen LogP contribution < -0.4 is 4.74 Å². The fraction of sp³-hybridized carbons (Fsp3) is 0.529. The van der Waals surface area contributed by atoms with Crippen LogP contribution in [0.3, 0.4) is 0 Å². The number of nitrogens with zero attached hydrogens (tertiary/aromatic N) is 3. The molecule has 3 rings (SSSR count). The first-order valence-electron chi connectivity index (χ1n) is 7.97. The van der Waals surface area contributed by atoms with Crippen molar-refractivity contribution >= 4 is 11.3 Å². The van der Waals surface area contributed by atoms with E-state index in [0.717, 1.165) is 44.5 Å². The molecule has 4 nitrogen and oxygen atoms in total. The maximum absolute atomic E-state index is 5.92. The zero-order valence-electron chi connectivity index (χ0n) is 13.3. The molecular weight excluding hydrogens is 294 g/mol. The van der Waals surface area contributed by atoms with Crippen LogP contribution in [-0.4, -0.2) is 34.1 Å². The second kappa shape index (κ2) is 7.20. The Balaban J connectivity index is 1.48. The van der Waals surface area contributed by atoms with Crippen LogP contribution >= 0.6 is 11.3 Å². The van der Waals surface area contributed by atoms with Crippen LogP contribution in [0, 0.1) is 6.92 Å². The summed E-state index contributed by atoms with van der Waals surface area (Å²) in [5, 5.41) is 2.18. The van der Waals surface area contributed by atoms with Crippen molar-refractivity contribution in [2.24, 2.45) is 0 Å². The van der Waals surface area contributed by atoms with Crippen molar-refractivity contribution in [2.45, 2.75) is 45.8 Å². The molecule has 0 unspecified atom stereocenters. The van der Waals surface area contributed by atoms with Gasteiger partial charge in [0.2, 0.25) is 0 Å². The fourth-order valence-electron chi connectivity index (χ4n) is 2.69. The molecule has 0 amide bonds. The molecule has 0 radical (unpaired) electrons. The first kappa shape index (κ1) is 15.4. The Labute approximate surface area is 136 Å². The van der Waals surface area contributed by atoms with Crippen molar-refractivity contribution in [1.29, 1.82) is 0 Å². The van der Waals surface area contributed by atoms with E-state index in [1.54, 1.807) is 0 Å². The van der Waals surface area contributed by atoms with Crippen LogP contribution in [0.5, 0.6) is 6.01 Å². The molecule has 1 saturated heterocycles. The summed E-state index contributed by atoms with van der Waals surface area (Å²) >= 11 is 1.86. The lowest BCUT2D eigenvalue weighted by Crippen LogP contribution is -2.38. The van der Waals surface area contributed by atoms with Gasteiger partial charge in [-0.25, -0.2) is 9.97 Å². The van der Waals surface area contributed by atoms with E-state index in [4.69, 9.17) is 4.74 Å². The first-order chi connectivity index (χ1) is 10.7. The molecule has 118 valence electrons. The number of aromatic nitrogens is 2. The molecule has 0 bridgehead atoms. The third-order valence-corrected chi connectivity index (χ3v) is 5.24. The summed E-state index contributed by atoms with van der Waals surface area (Å²) in [6.07, 6.45) is 7.01. The van der Waals surface area contributed by atoms with Crippen molar-refractivity contribution in [3.8, 4) is 6.01 Å². The van der Waals surface area contributed by atoms with Gasteiger partial charge in [0.25, 0.3) is 0 Å². The maximum Gasteiger partial charge on any atom is 0.316 e. The number of thiophene rings is 1. The van der Waals surface area contributed by atoms with Crippen LogP contribution in [-0.2, 0) is 13.0 Å². The van der Waals surface area contributed by atoms with Gasteiger partial charge in [-0.15, -0.1) is 11.3 Å². The molecule has 0 atom stereocenters. The van der Waals surface area contributed by atoms with Gasteiger partial charge in [0.1, 0.15) is 6.10 Å². The molecule has 0 aliphatic carbocycles. The number of aryl methyl sites for hydroxylation is 2. The van der Waals surface area contributed by atoms with E-state index >= 15 is 0 Å². The van der Waals surface area contributed by atoms with E-state index in [2.05, 4.69) is 40.2 Å². The summed E-state index contributed by atoms with van der Waals surface area (Å²) in [6, 6.07) is 2.72. The molecule has 5 heteroatoms. The lowest BCUT2D eigenvalue weighted by Gasteiger charge is -2.31. The molecule has 0 saturated carbocycles. The van der Waals surface area contributed by atoms with Crippen molar-refractivity contribution in [3.05, 3.63) is 39.8 Å². The number of likely N-dealkylation sites (tertiary alicyclic amines) is 1. The second-order valence-corrected chi connectivity index (χ2v) is 6.85. The molecule has 1 aliphatic rings. The number of ether oxygens (including phenoxy) is 1. The molecular formula is C17H23N3OS. The van der Waals surface area contributed by atoms with Crippen LogP contribution in [0.15, 0.2) is 23.8 Å². The van der Waals surface area contributed by atoms with Gasteiger partial charge in [0.05, 0.1) is 0 Å². The second-order valence-electron chi connectivity index (χ2n) is 5.85. The smallest absolute Gasteiger partial charge is 0.316 e. The SMILES string of the molecule is CCc1cnc(OC2CCN(Cc3sccc3C)CC2)nc1. The average molecular weight is 317 g/mol. The fourth-order valence-corrected chi connectivity index (χ4v) is 3.64. The highest BCUT2D eigenvalue weighted by atomic mass is 32.1. The Kier molecular flexibility index (Phi) is 5.05. The molecule has 3 heterocycles. The van der Waals surface area contributed by atoms with E-state index in [0.29, 0.717) is 6.01 Å². The molecule has 22 heavy (non-hydrogen) atoms. The summed E-state index contributed by atoms with van der Waals surface area (Å²) in [5.74, 6) is 0. The molecule has 2 aromatic rings. The standard InChI is InChI=1S/C17H23N3OS/c1-3-14-10-18-17(19-11-14)21-15-4-7-20(8-5-15)12-16-13(2)6-9-22-16/h6,9-11,15H,3-5,7-8,12H2,1-2H3. The minimum absolute atomic E-state index is 0.244. The number of hydrogen-bond donors (Lipinski definition) is 0. The van der Waals surface area contributed by atoms with Crippen molar-refractivity contribution in [2.75, 3.05) is 13.1 Å². The van der Waals surface area contributed by atoms with E-state index in [-0.39, 0.29) is 6.10 Å². The summed E-state index contributed by atoms with van der Waals surface area (Å²) in [4.78, 5) is 12.6. The van der Waals surface area contributed by atoms with Gasteiger partial charge < -0.3 is 4.74 Å². The van der Waals surface area contributed by atoms with Crippen LogP contribution in [0.25, 0.3) is 0 Å². The normalized spacial score (nSPS) is 16.8. The molecule has 0 N–H and O–H groups in total. The van der Waals surface area contributed by atoms with Crippen LogP contribution in [0.1, 0.15) is 35.8 Å². The largest absolute Gasteiger partial charge is 0.460 e. The Hall–Kier alpha value is -1.46. The van der Waals surface area contributed by atoms with Gasteiger partial charge in [-0.3, -0.25) is 4.90 Å². The van der Waals surface area contributed by atoms with E-state index in [1.165, 1.54) is 10.4 Å². The number of hydrogen-bond acceptors (Lipinski definition) is 5. The lowest BCUT2D eigenvalue weighted by molar-refractivity contribution is 0.0896. The highest BCUT2D eigenvalue weighted by Gasteiger charge is 2.21. The highest BCUT2D eigenvalue weighted by Crippen LogP contribution is 2.22. The highest BCUT2D eigenvalue weighted by molar-refractivity contribution is 7.10. The van der Waals surface area contributed by atoms with Crippen molar-refractivity contribution < 1.29 is 4.74 Å². The maximum atomic E-state index is 5.92. The van der Waals surface area contributed by atoms with E-state index in [1.807, 2.05) is 23.7 Å². The number of piperidine rings is 1. The van der Waals surface area contributed by atoms with Gasteiger partial charge in [-0.1, -0.05) is 6.92 Å². The van der Waals surface area contributed by atoms with Gasteiger partial charge >= 0.3 is 6.01 Å². The predicted octanol–water partition coefficient (Wildman–Crippen LogP) is 3.45. The zero-order chi connectivity index (χ0) is 15.4. The summed E-state index contributed by atoms with van der Waals surface area (Å²) in [5.41, 5.74) is 2.56. The third-order valence-electron chi connectivity index (χ3n) is 4.23. The van der Waals surface area contributed by atoms with E-state index < -0.39 is 0 Å². The number of rotatable bonds is 5. The summed E-state index contributed by atoms with van der Waals surface area (Å²) in [7, 11) is 0. The molecule has 2 aromatic heterocycles. The van der Waals surface area contributed by atoms with Gasteiger partial charge in [-0.05, 0) is 48.8 Å². The first-order valence-corrected chi connectivity index (χ1v) is 8.85. The molecule has 0 spiro atoms. The monoisotopic (exact) mass is 317 g/mol. The Bertz CT molecular complexity index is 588. The molecule has 1 fully saturated rings. The van der Waals surface area contributed by atoms with Crippen molar-refractivity contribution in [1.82, 2.24) is 14.9 Å². The minimum atomic E-state index is 0.244. The van der Waals surface area contributed by atoms with E-state index in [9.17, 15) is 0 Å². The van der Waals surface area contributed by atoms with Crippen LogP contribution in [0.4, 0.5) is 0 Å². The summed E-state index contributed by atoms with van der Waals surface area (Å²) in [6.45, 7) is 7.52. The molecule has 0 aromatic carbocycles. The summed E-state index contributed by atoms with van der Waals surface area (Å²) < 4.78 is 5.92. The topological polar surface area (TPSA) is 38.2 Å². The average Bonchev–Trinajstić information content (AvgIpc) is 2.95.